The molecule has 1 aromatic carbocycles. The molecule has 1 heterocycles. The molecule has 94 valence electrons. The predicted molar refractivity (Wildman–Crippen MR) is 63.6 cm³/mol. The average molecular weight is 273 g/mol. The second kappa shape index (κ2) is 4.09. The molecule has 2 rings (SSSR count). The summed E-state index contributed by atoms with van der Waals surface area (Å²) in [6.45, 7) is 3.00. The maximum absolute atomic E-state index is 12.6. The molecule has 7 heteroatoms. The van der Waals surface area contributed by atoms with E-state index in [1.165, 1.54) is 23.6 Å². The Bertz CT molecular complexity index is 645. The van der Waals surface area contributed by atoms with E-state index in [-0.39, 0.29) is 21.3 Å². The van der Waals surface area contributed by atoms with Gasteiger partial charge in [0.25, 0.3) is 5.69 Å². The summed E-state index contributed by atoms with van der Waals surface area (Å²) < 4.78 is 37.9. The van der Waals surface area contributed by atoms with Gasteiger partial charge in [-0.3, -0.25) is 10.1 Å². The van der Waals surface area contributed by atoms with Gasteiger partial charge in [-0.05, 0) is 0 Å². The second-order valence-electron chi connectivity index (χ2n) is 3.54. The molecule has 0 aliphatic carbocycles. The van der Waals surface area contributed by atoms with E-state index < -0.39 is 16.7 Å². The van der Waals surface area contributed by atoms with Crippen LogP contribution in [0, 0.1) is 10.1 Å². The van der Waals surface area contributed by atoms with Crippen molar-refractivity contribution in [2.45, 2.75) is 6.18 Å². The van der Waals surface area contributed by atoms with E-state index in [1.807, 2.05) is 0 Å². The molecule has 0 aliphatic heterocycles. The third-order valence-electron chi connectivity index (χ3n) is 2.44. The number of halogens is 3. The number of nitrogens with zero attached hydrogens (tertiary/aromatic N) is 1. The Morgan fingerprint density at radius 1 is 1.39 bits per heavy atom. The van der Waals surface area contributed by atoms with Crippen molar-refractivity contribution in [1.82, 2.24) is 0 Å². The Labute approximate surface area is 103 Å². The van der Waals surface area contributed by atoms with Crippen molar-refractivity contribution in [2.75, 3.05) is 0 Å². The van der Waals surface area contributed by atoms with Gasteiger partial charge >= 0.3 is 6.18 Å². The molecular formula is C11H6F3NO2S. The van der Waals surface area contributed by atoms with Crippen LogP contribution in [0.3, 0.4) is 0 Å². The first-order chi connectivity index (χ1) is 8.32. The van der Waals surface area contributed by atoms with Crippen molar-refractivity contribution in [3.8, 4) is 0 Å². The Balaban J connectivity index is 2.67. The smallest absolute Gasteiger partial charge is 0.258 e. The lowest BCUT2D eigenvalue weighted by molar-refractivity contribution is -0.382. The van der Waals surface area contributed by atoms with Crippen molar-refractivity contribution < 1.29 is 18.1 Å². The van der Waals surface area contributed by atoms with E-state index >= 15 is 0 Å². The van der Waals surface area contributed by atoms with Gasteiger partial charge in [-0.1, -0.05) is 18.7 Å². The van der Waals surface area contributed by atoms with Crippen LogP contribution in [0.1, 0.15) is 5.56 Å². The van der Waals surface area contributed by atoms with Crippen molar-refractivity contribution in [3.05, 3.63) is 45.8 Å². The Morgan fingerprint density at radius 2 is 2.06 bits per heavy atom. The lowest BCUT2D eigenvalue weighted by Gasteiger charge is -2.08. The summed E-state index contributed by atoms with van der Waals surface area (Å²) in [6, 6.07) is 4.05. The highest BCUT2D eigenvalue weighted by Gasteiger charge is 2.34. The molecule has 0 N–H and O–H groups in total. The molecule has 0 spiro atoms. The van der Waals surface area contributed by atoms with Gasteiger partial charge in [0.2, 0.25) is 0 Å². The van der Waals surface area contributed by atoms with Gasteiger partial charge in [-0.2, -0.15) is 13.2 Å². The van der Waals surface area contributed by atoms with Crippen LogP contribution in [0.15, 0.2) is 30.2 Å². The van der Waals surface area contributed by atoms with E-state index in [0.717, 1.165) is 11.3 Å². The zero-order valence-corrected chi connectivity index (χ0v) is 9.64. The quantitative estimate of drug-likeness (QED) is 0.601. The Morgan fingerprint density at radius 3 is 2.61 bits per heavy atom. The van der Waals surface area contributed by atoms with E-state index in [2.05, 4.69) is 6.58 Å². The third kappa shape index (κ3) is 1.97. The van der Waals surface area contributed by atoms with Crippen molar-refractivity contribution in [3.63, 3.8) is 0 Å². The number of alkyl halides is 3. The van der Waals surface area contributed by atoms with Gasteiger partial charge in [-0.15, -0.1) is 11.3 Å². The highest BCUT2D eigenvalue weighted by molar-refractivity contribution is 7.18. The number of rotatable bonds is 2. The van der Waals surface area contributed by atoms with Crippen molar-refractivity contribution in [2.24, 2.45) is 0 Å². The Hall–Kier alpha value is -1.89. The molecular weight excluding hydrogens is 267 g/mol. The third-order valence-corrected chi connectivity index (χ3v) is 3.46. The molecule has 0 atom stereocenters. The molecule has 0 saturated carbocycles. The van der Waals surface area contributed by atoms with Crippen LogP contribution < -0.4 is 0 Å². The minimum Gasteiger partial charge on any atom is -0.258 e. The summed E-state index contributed by atoms with van der Waals surface area (Å²) in [7, 11) is 0. The molecule has 3 nitrogen and oxygen atoms in total. The zero-order chi connectivity index (χ0) is 13.5. The number of non-ortho nitro benzene ring substituents is 1. The summed E-state index contributed by atoms with van der Waals surface area (Å²) in [6.07, 6.45) is -4.54. The van der Waals surface area contributed by atoms with Crippen LogP contribution in [0.2, 0.25) is 0 Å². The number of nitro groups is 1. The number of benzene rings is 1. The zero-order valence-electron chi connectivity index (χ0n) is 8.82. The van der Waals surface area contributed by atoms with E-state index in [1.54, 1.807) is 0 Å². The van der Waals surface area contributed by atoms with Crippen LogP contribution in [-0.4, -0.2) is 11.1 Å². The number of thiophene rings is 1. The van der Waals surface area contributed by atoms with Gasteiger partial charge in [0.15, 0.2) is 0 Å². The molecule has 0 aliphatic rings. The standard InChI is InChI=1S/C11H6F3NO2S/c1-6(11(12,13)14)8-5-18-10-7(8)3-2-4-9(10)15(16)17/h2-5H,1H2. The molecule has 0 fully saturated rings. The van der Waals surface area contributed by atoms with Crippen molar-refractivity contribution in [1.29, 1.82) is 0 Å². The lowest BCUT2D eigenvalue weighted by atomic mass is 10.1. The van der Waals surface area contributed by atoms with Crippen LogP contribution in [0.4, 0.5) is 18.9 Å². The largest absolute Gasteiger partial charge is 0.416 e. The molecule has 1 aromatic heterocycles. The molecule has 18 heavy (non-hydrogen) atoms. The normalized spacial score (nSPS) is 11.7. The predicted octanol–water partition coefficient (Wildman–Crippen LogP) is 4.39. The van der Waals surface area contributed by atoms with Gasteiger partial charge < -0.3 is 0 Å². The first kappa shape index (κ1) is 12.6. The fourth-order valence-corrected chi connectivity index (χ4v) is 2.65. The maximum Gasteiger partial charge on any atom is 0.416 e. The van der Waals surface area contributed by atoms with Gasteiger partial charge in [0.05, 0.1) is 10.5 Å². The minimum atomic E-state index is -4.54. The molecule has 2 aromatic rings. The average Bonchev–Trinajstić information content (AvgIpc) is 2.69. The van der Waals surface area contributed by atoms with Crippen LogP contribution >= 0.6 is 11.3 Å². The summed E-state index contributed by atoms with van der Waals surface area (Å²) in [5.41, 5.74) is -1.29. The monoisotopic (exact) mass is 273 g/mol. The SMILES string of the molecule is C=C(c1csc2c([N+](=O)[O-])cccc12)C(F)(F)F. The van der Waals surface area contributed by atoms with Crippen molar-refractivity contribution >= 4 is 32.7 Å². The highest BCUT2D eigenvalue weighted by atomic mass is 32.1. The van der Waals surface area contributed by atoms with Crippen LogP contribution in [0.25, 0.3) is 15.7 Å². The number of hydrogen-bond donors (Lipinski definition) is 0. The first-order valence-corrected chi connectivity index (χ1v) is 5.61. The Kier molecular flexibility index (Phi) is 2.86. The van der Waals surface area contributed by atoms with E-state index in [4.69, 9.17) is 0 Å². The summed E-state index contributed by atoms with van der Waals surface area (Å²) in [5.74, 6) is 0. The molecule has 0 unspecified atom stereocenters. The topological polar surface area (TPSA) is 43.1 Å². The molecule has 0 radical (unpaired) electrons. The number of allylic oxidation sites excluding steroid dienone is 1. The van der Waals surface area contributed by atoms with E-state index in [0.29, 0.717) is 0 Å². The molecule has 0 amide bonds. The first-order valence-electron chi connectivity index (χ1n) is 4.73. The lowest BCUT2D eigenvalue weighted by Crippen LogP contribution is -2.08. The number of hydrogen-bond acceptors (Lipinski definition) is 3. The molecule has 0 bridgehead atoms. The molecule has 0 saturated heterocycles. The second-order valence-corrected chi connectivity index (χ2v) is 4.42. The van der Waals surface area contributed by atoms with Crippen LogP contribution in [0.5, 0.6) is 0 Å². The van der Waals surface area contributed by atoms with Gasteiger partial charge in [0, 0.05) is 22.4 Å². The minimum absolute atomic E-state index is 0.105. The van der Waals surface area contributed by atoms with E-state index in [9.17, 15) is 23.3 Å². The van der Waals surface area contributed by atoms with Crippen LogP contribution in [-0.2, 0) is 0 Å². The summed E-state index contributed by atoms with van der Waals surface area (Å²) in [4.78, 5) is 10.1. The fraction of sp³-hybridized carbons (Fsp3) is 0.0909. The van der Waals surface area contributed by atoms with Gasteiger partial charge in [-0.25, -0.2) is 0 Å². The summed E-state index contributed by atoms with van der Waals surface area (Å²) in [5, 5.41) is 12.2. The summed E-state index contributed by atoms with van der Waals surface area (Å²) >= 11 is 0.911. The maximum atomic E-state index is 12.6. The van der Waals surface area contributed by atoms with Gasteiger partial charge in [0.1, 0.15) is 4.70 Å². The fourth-order valence-electron chi connectivity index (χ4n) is 1.57. The number of fused-ring (bicyclic) bond motifs is 1. The highest BCUT2D eigenvalue weighted by Crippen LogP contribution is 2.41. The number of nitro benzene ring substituents is 1.